The van der Waals surface area contributed by atoms with Gasteiger partial charge in [-0.15, -0.1) is 11.7 Å². The molecule has 3 fully saturated rings. The summed E-state index contributed by atoms with van der Waals surface area (Å²) in [6, 6.07) is 15.1. The Balaban J connectivity index is 1.44. The number of hydrogen-bond acceptors (Lipinski definition) is 8. The smallest absolute Gasteiger partial charge is 0.313 e. The van der Waals surface area contributed by atoms with E-state index in [1.54, 1.807) is 15.7 Å². The summed E-state index contributed by atoms with van der Waals surface area (Å²) >= 11 is 0. The number of carbonyl (C=O) groups excluding carboxylic acids is 3. The second kappa shape index (κ2) is 12.2. The molecule has 11 heteroatoms. The minimum atomic E-state index is -1.28. The summed E-state index contributed by atoms with van der Waals surface area (Å²) in [6.07, 6.45) is 4.80. The van der Waals surface area contributed by atoms with E-state index in [1.165, 1.54) is 11.0 Å². The number of aliphatic hydroxyl groups excluding tert-OH is 1. The molecule has 0 radical (unpaired) electrons. The van der Waals surface area contributed by atoms with Gasteiger partial charge in [0, 0.05) is 6.54 Å². The summed E-state index contributed by atoms with van der Waals surface area (Å²) < 4.78 is 14.0. The lowest BCUT2D eigenvalue weighted by atomic mass is 9.65. The van der Waals surface area contributed by atoms with Gasteiger partial charge in [-0.05, 0) is 43.4 Å². The monoisotopic (exact) mass is 613 g/mol. The van der Waals surface area contributed by atoms with Crippen LogP contribution in [0.1, 0.15) is 31.7 Å². The number of likely N-dealkylation sites (tertiary alicyclic amines) is 1. The average Bonchev–Trinajstić information content (AvgIpc) is 3.79. The predicted molar refractivity (Wildman–Crippen MR) is 165 cm³/mol. The van der Waals surface area contributed by atoms with Crippen LogP contribution in [0.4, 0.5) is 0 Å². The zero-order valence-corrected chi connectivity index (χ0v) is 25.5. The number of aromatic nitrogens is 3. The Labute approximate surface area is 262 Å². The third-order valence-corrected chi connectivity index (χ3v) is 9.75. The molecule has 2 unspecified atom stereocenters. The first-order chi connectivity index (χ1) is 21.8. The van der Waals surface area contributed by atoms with E-state index >= 15 is 0 Å². The van der Waals surface area contributed by atoms with E-state index in [9.17, 15) is 19.5 Å². The van der Waals surface area contributed by atoms with Crippen LogP contribution < -0.4 is 0 Å². The Hall–Kier alpha value is -4.35. The molecule has 6 rings (SSSR count). The molecule has 45 heavy (non-hydrogen) atoms. The molecule has 1 N–H and O–H groups in total. The molecule has 3 saturated heterocycles. The van der Waals surface area contributed by atoms with Gasteiger partial charge in [0.2, 0.25) is 11.8 Å². The van der Waals surface area contributed by atoms with Crippen LogP contribution in [0, 0.1) is 11.8 Å². The molecule has 0 aliphatic carbocycles. The molecule has 1 spiro atoms. The number of para-hydroxylation sites is 1. The lowest BCUT2D eigenvalue weighted by molar-refractivity contribution is -0.163. The van der Waals surface area contributed by atoms with Crippen molar-refractivity contribution in [2.45, 2.75) is 62.6 Å². The number of carbonyl (C=O) groups is 3. The highest BCUT2D eigenvalue weighted by molar-refractivity contribution is 5.98. The van der Waals surface area contributed by atoms with Crippen molar-refractivity contribution in [2.75, 3.05) is 19.8 Å². The molecule has 3 aliphatic heterocycles. The molecule has 6 atom stereocenters. The van der Waals surface area contributed by atoms with Gasteiger partial charge < -0.3 is 24.4 Å². The fourth-order valence-electron chi connectivity index (χ4n) is 7.78. The first-order valence-electron chi connectivity index (χ1n) is 15.5. The Bertz CT molecular complexity index is 1610. The zero-order chi connectivity index (χ0) is 31.8. The van der Waals surface area contributed by atoms with Gasteiger partial charge in [0.1, 0.15) is 36.4 Å². The van der Waals surface area contributed by atoms with Crippen molar-refractivity contribution in [2.24, 2.45) is 11.8 Å². The fourth-order valence-corrected chi connectivity index (χ4v) is 7.78. The number of esters is 1. The number of benzene rings is 2. The largest absolute Gasteiger partial charge is 0.461 e. The van der Waals surface area contributed by atoms with Gasteiger partial charge in [-0.1, -0.05) is 73.3 Å². The Morgan fingerprint density at radius 2 is 1.91 bits per heavy atom. The normalized spacial score (nSPS) is 27.4. The van der Waals surface area contributed by atoms with Crippen molar-refractivity contribution in [3.05, 3.63) is 85.5 Å². The minimum absolute atomic E-state index is 0.00135. The highest BCUT2D eigenvalue weighted by Crippen LogP contribution is 2.65. The topological polar surface area (TPSA) is 127 Å². The van der Waals surface area contributed by atoms with Crippen LogP contribution in [0.5, 0.6) is 0 Å². The minimum Gasteiger partial charge on any atom is -0.461 e. The highest BCUT2D eigenvalue weighted by atomic mass is 16.6. The maximum atomic E-state index is 14.9. The Morgan fingerprint density at radius 1 is 1.16 bits per heavy atom. The van der Waals surface area contributed by atoms with Crippen molar-refractivity contribution < 1.29 is 29.0 Å². The van der Waals surface area contributed by atoms with Crippen LogP contribution in [0.2, 0.25) is 0 Å². The Kier molecular flexibility index (Phi) is 8.32. The van der Waals surface area contributed by atoms with Crippen LogP contribution >= 0.6 is 0 Å². The van der Waals surface area contributed by atoms with E-state index in [4.69, 9.17) is 9.47 Å². The molecule has 2 amide bonds. The van der Waals surface area contributed by atoms with E-state index in [1.807, 2.05) is 61.5 Å². The summed E-state index contributed by atoms with van der Waals surface area (Å²) in [5.41, 5.74) is 0.115. The SMILES string of the molecule is C=CCOC(=O)[C@@H]1[C@H]2C(=O)N([C@@H](CO)Cc3ccccc3)C(C(=O)N(CC=C)Cn3nnc4ccccc43)C23CC[C@@]1(CC)O3. The molecular weight excluding hydrogens is 574 g/mol. The molecule has 1 aromatic heterocycles. The number of ether oxygens (including phenoxy) is 2. The Morgan fingerprint density at radius 3 is 2.62 bits per heavy atom. The fraction of sp³-hybridized carbons (Fsp3) is 0.441. The third-order valence-electron chi connectivity index (χ3n) is 9.75. The number of fused-ring (bicyclic) bond motifs is 2. The summed E-state index contributed by atoms with van der Waals surface area (Å²) in [5, 5.41) is 19.3. The van der Waals surface area contributed by atoms with E-state index in [0.29, 0.717) is 31.2 Å². The van der Waals surface area contributed by atoms with Gasteiger partial charge in [0.05, 0.1) is 29.7 Å². The summed E-state index contributed by atoms with van der Waals surface area (Å²) in [7, 11) is 0. The number of rotatable bonds is 13. The molecule has 11 nitrogen and oxygen atoms in total. The molecule has 2 aromatic carbocycles. The summed E-state index contributed by atoms with van der Waals surface area (Å²) in [4.78, 5) is 46.3. The van der Waals surface area contributed by atoms with Crippen molar-refractivity contribution in [1.29, 1.82) is 0 Å². The van der Waals surface area contributed by atoms with Crippen molar-refractivity contribution in [3.8, 4) is 0 Å². The summed E-state index contributed by atoms with van der Waals surface area (Å²) in [5.74, 6) is -3.13. The number of hydrogen-bond donors (Lipinski definition) is 1. The quantitative estimate of drug-likeness (QED) is 0.230. The van der Waals surface area contributed by atoms with Gasteiger partial charge in [-0.2, -0.15) is 0 Å². The van der Waals surface area contributed by atoms with Crippen LogP contribution in [-0.4, -0.2) is 90.7 Å². The summed E-state index contributed by atoms with van der Waals surface area (Å²) in [6.45, 7) is 9.30. The highest BCUT2D eigenvalue weighted by Gasteiger charge is 2.79. The number of amides is 2. The molecule has 3 aromatic rings. The van der Waals surface area contributed by atoms with Crippen LogP contribution in [-0.2, 0) is 36.9 Å². The van der Waals surface area contributed by atoms with Crippen molar-refractivity contribution in [1.82, 2.24) is 24.8 Å². The molecule has 0 saturated carbocycles. The maximum Gasteiger partial charge on any atom is 0.313 e. The van der Waals surface area contributed by atoms with Crippen LogP contribution in [0.15, 0.2) is 79.9 Å². The van der Waals surface area contributed by atoms with E-state index < -0.39 is 41.1 Å². The predicted octanol–water partition coefficient (Wildman–Crippen LogP) is 2.89. The van der Waals surface area contributed by atoms with Crippen LogP contribution in [0.25, 0.3) is 11.0 Å². The zero-order valence-electron chi connectivity index (χ0n) is 25.5. The molecule has 4 heterocycles. The van der Waals surface area contributed by atoms with Crippen molar-refractivity contribution >= 4 is 28.8 Å². The lowest BCUT2D eigenvalue weighted by Crippen LogP contribution is -2.59. The third kappa shape index (κ3) is 4.94. The van der Waals surface area contributed by atoms with Crippen LogP contribution in [0.3, 0.4) is 0 Å². The van der Waals surface area contributed by atoms with E-state index in [2.05, 4.69) is 23.5 Å². The standard InChI is InChI=1S/C34H39N5O6/c1-4-18-37(22-38-26-15-11-10-14-25(26)35-36-38)31(42)29-34-17-16-33(6-3,45-34)28(32(43)44-19-5-2)27(34)30(41)39(29)24(21-40)20-23-12-8-7-9-13-23/h4-5,7-15,24,27-29,40H,1-2,6,16-22H2,3H3/t24-,27+,28+,29?,33-,34?/m1/s1. The van der Waals surface area contributed by atoms with E-state index in [0.717, 1.165) is 11.1 Å². The van der Waals surface area contributed by atoms with Gasteiger partial charge in [-0.3, -0.25) is 14.4 Å². The number of aliphatic hydroxyl groups is 1. The first kappa shape index (κ1) is 30.7. The van der Waals surface area contributed by atoms with Gasteiger partial charge in [0.25, 0.3) is 0 Å². The van der Waals surface area contributed by atoms with Gasteiger partial charge in [0.15, 0.2) is 0 Å². The first-order valence-corrected chi connectivity index (χ1v) is 15.5. The molecular formula is C34H39N5O6. The molecule has 2 bridgehead atoms. The second-order valence-electron chi connectivity index (χ2n) is 12.1. The van der Waals surface area contributed by atoms with E-state index in [-0.39, 0.29) is 38.2 Å². The van der Waals surface area contributed by atoms with Crippen molar-refractivity contribution in [3.63, 3.8) is 0 Å². The molecule has 3 aliphatic rings. The van der Waals surface area contributed by atoms with Gasteiger partial charge >= 0.3 is 5.97 Å². The lowest BCUT2D eigenvalue weighted by Gasteiger charge is -2.39. The maximum absolute atomic E-state index is 14.9. The molecule has 236 valence electrons. The second-order valence-corrected chi connectivity index (χ2v) is 12.1. The number of nitrogens with zero attached hydrogens (tertiary/aromatic N) is 5. The average molecular weight is 614 g/mol. The van der Waals surface area contributed by atoms with Gasteiger partial charge in [-0.25, -0.2) is 4.68 Å².